The van der Waals surface area contributed by atoms with Crippen molar-refractivity contribution in [1.29, 1.82) is 0 Å². The van der Waals surface area contributed by atoms with Gasteiger partial charge in [-0.2, -0.15) is 27.1 Å². The number of anilines is 2. The van der Waals surface area contributed by atoms with Crippen molar-refractivity contribution in [2.45, 2.75) is 31.5 Å². The lowest BCUT2D eigenvalue weighted by Gasteiger charge is -2.35. The van der Waals surface area contributed by atoms with Gasteiger partial charge in [0.25, 0.3) is 11.5 Å². The molecule has 0 aromatic carbocycles. The van der Waals surface area contributed by atoms with Crippen molar-refractivity contribution in [3.8, 4) is 0 Å². The highest BCUT2D eigenvalue weighted by atomic mass is 19.4. The van der Waals surface area contributed by atoms with Crippen molar-refractivity contribution in [1.82, 2.24) is 25.1 Å². The molecule has 2 N–H and O–H groups in total. The molecule has 0 spiro atoms. The second-order valence-electron chi connectivity index (χ2n) is 8.65. The Morgan fingerprint density at radius 1 is 1.24 bits per heavy atom. The molecule has 4 rings (SSSR count). The van der Waals surface area contributed by atoms with E-state index in [1.807, 2.05) is 4.90 Å². The third-order valence-corrected chi connectivity index (χ3v) is 5.90. The van der Waals surface area contributed by atoms with Gasteiger partial charge in [0, 0.05) is 38.4 Å². The van der Waals surface area contributed by atoms with Gasteiger partial charge >= 0.3 is 6.18 Å². The summed E-state index contributed by atoms with van der Waals surface area (Å²) in [5.74, 6) is -2.91. The fourth-order valence-electron chi connectivity index (χ4n) is 4.02. The number of ether oxygens (including phenoxy) is 1. The second-order valence-corrected chi connectivity index (χ2v) is 8.65. The summed E-state index contributed by atoms with van der Waals surface area (Å²) in [5.41, 5.74) is -3.23. The van der Waals surface area contributed by atoms with Crippen LogP contribution in [0, 0.1) is 0 Å². The second kappa shape index (κ2) is 10.4. The van der Waals surface area contributed by atoms with E-state index in [1.165, 1.54) is 6.08 Å². The molecule has 15 heteroatoms. The first-order valence-corrected chi connectivity index (χ1v) is 11.4. The smallest absolute Gasteiger partial charge is 0.379 e. The number of aromatic amines is 1. The van der Waals surface area contributed by atoms with Gasteiger partial charge in [0.2, 0.25) is 11.9 Å². The molecule has 1 amide bonds. The van der Waals surface area contributed by atoms with Crippen LogP contribution in [0.2, 0.25) is 0 Å². The summed E-state index contributed by atoms with van der Waals surface area (Å²) in [6, 6.07) is -0.592. The number of halogens is 5. The Balaban J connectivity index is 1.20. The molecule has 2 aromatic heterocycles. The average Bonchev–Trinajstić information content (AvgIpc) is 3.15. The van der Waals surface area contributed by atoms with Gasteiger partial charge < -0.3 is 19.9 Å². The summed E-state index contributed by atoms with van der Waals surface area (Å²) in [6.07, 6.45) is -0.730. The number of aromatic nitrogens is 4. The van der Waals surface area contributed by atoms with Crippen LogP contribution in [0.4, 0.5) is 33.6 Å². The lowest BCUT2D eigenvalue weighted by molar-refractivity contribution is -0.138. The van der Waals surface area contributed by atoms with Gasteiger partial charge in [-0.1, -0.05) is 0 Å². The number of fused-ring (bicyclic) bond motifs is 1. The van der Waals surface area contributed by atoms with Crippen LogP contribution in [-0.4, -0.2) is 76.4 Å². The number of hydrogen-bond acceptors (Lipinski definition) is 8. The standard InChI is InChI=1S/C22H24F5N7O3/c1-13(30-16-11-29-32-19(36)18(16)22(25,26)27)12-37-9-3-17(35)33-5-7-34(8-6-33)20-28-10-14-15(31-20)2-4-21(14,23)24/h2,4,10-11,13H,3,5-9,12H2,1H3,(H2,30,32,36)/t13-/m0/s1. The third-order valence-electron chi connectivity index (χ3n) is 5.90. The van der Waals surface area contributed by atoms with Gasteiger partial charge in [0.05, 0.1) is 42.8 Å². The molecule has 1 atom stereocenters. The molecule has 1 aliphatic heterocycles. The molecule has 1 saturated heterocycles. The van der Waals surface area contributed by atoms with Crippen LogP contribution < -0.4 is 15.8 Å². The van der Waals surface area contributed by atoms with Crippen molar-refractivity contribution in [3.05, 3.63) is 45.6 Å². The maximum absolute atomic E-state index is 13.7. The largest absolute Gasteiger partial charge is 0.423 e. The molecule has 1 fully saturated rings. The lowest BCUT2D eigenvalue weighted by Crippen LogP contribution is -2.49. The van der Waals surface area contributed by atoms with E-state index in [4.69, 9.17) is 4.74 Å². The minimum absolute atomic E-state index is 0.00564. The van der Waals surface area contributed by atoms with E-state index >= 15 is 0 Å². The van der Waals surface area contributed by atoms with Crippen molar-refractivity contribution in [2.24, 2.45) is 0 Å². The minimum atomic E-state index is -4.85. The number of carbonyl (C=O) groups is 1. The Morgan fingerprint density at radius 2 is 1.97 bits per heavy atom. The molecule has 200 valence electrons. The Hall–Kier alpha value is -3.62. The molecule has 0 unspecified atom stereocenters. The Bertz CT molecular complexity index is 1230. The van der Waals surface area contributed by atoms with E-state index in [2.05, 4.69) is 20.4 Å². The number of allylic oxidation sites excluding steroid dienone is 1. The third kappa shape index (κ3) is 6.03. The van der Waals surface area contributed by atoms with Gasteiger partial charge in [-0.15, -0.1) is 0 Å². The van der Waals surface area contributed by atoms with Crippen molar-refractivity contribution in [3.63, 3.8) is 0 Å². The number of hydrogen-bond donors (Lipinski definition) is 2. The number of alkyl halides is 5. The Labute approximate surface area is 207 Å². The number of nitrogens with one attached hydrogen (secondary N) is 2. The Kier molecular flexibility index (Phi) is 7.43. The summed E-state index contributed by atoms with van der Waals surface area (Å²) in [5, 5.41) is 7.72. The van der Waals surface area contributed by atoms with E-state index < -0.39 is 35.0 Å². The average molecular weight is 529 g/mol. The summed E-state index contributed by atoms with van der Waals surface area (Å²) in [4.78, 5) is 35.8. The fraction of sp³-hybridized carbons (Fsp3) is 0.500. The first-order chi connectivity index (χ1) is 17.5. The highest BCUT2D eigenvalue weighted by molar-refractivity contribution is 5.76. The molecule has 0 radical (unpaired) electrons. The highest BCUT2D eigenvalue weighted by Gasteiger charge is 2.38. The summed E-state index contributed by atoms with van der Waals surface area (Å²) >= 11 is 0. The molecular weight excluding hydrogens is 505 g/mol. The SMILES string of the molecule is C[C@@H](COCCC(=O)N1CCN(c2ncc3c(n2)C=CC3(F)F)CC1)Nc1cn[nH]c(=O)c1C(F)(F)F. The quantitative estimate of drug-likeness (QED) is 0.395. The van der Waals surface area contributed by atoms with Crippen LogP contribution in [0.25, 0.3) is 6.08 Å². The number of nitrogens with zero attached hydrogens (tertiary/aromatic N) is 5. The molecule has 2 aliphatic rings. The number of H-pyrrole nitrogens is 1. The molecule has 3 heterocycles. The van der Waals surface area contributed by atoms with E-state index in [0.717, 1.165) is 18.5 Å². The van der Waals surface area contributed by atoms with Gasteiger partial charge in [-0.25, -0.2) is 15.1 Å². The first kappa shape index (κ1) is 26.4. The van der Waals surface area contributed by atoms with E-state index in [9.17, 15) is 31.5 Å². The van der Waals surface area contributed by atoms with Gasteiger partial charge in [-0.3, -0.25) is 9.59 Å². The maximum Gasteiger partial charge on any atom is 0.423 e. The number of amides is 1. The molecular formula is C22H24F5N7O3. The van der Waals surface area contributed by atoms with Crippen LogP contribution in [0.15, 0.2) is 23.3 Å². The van der Waals surface area contributed by atoms with Crippen molar-refractivity contribution in [2.75, 3.05) is 49.6 Å². The van der Waals surface area contributed by atoms with E-state index in [1.54, 1.807) is 16.9 Å². The summed E-state index contributed by atoms with van der Waals surface area (Å²) < 4.78 is 72.2. The van der Waals surface area contributed by atoms with Crippen LogP contribution in [0.5, 0.6) is 0 Å². The van der Waals surface area contributed by atoms with Crippen molar-refractivity contribution < 1.29 is 31.5 Å². The topological polar surface area (TPSA) is 116 Å². The summed E-state index contributed by atoms with van der Waals surface area (Å²) in [6.45, 7) is 3.25. The molecule has 2 aromatic rings. The van der Waals surface area contributed by atoms with Crippen LogP contribution in [-0.2, 0) is 21.6 Å². The number of piperazine rings is 1. The van der Waals surface area contributed by atoms with Gasteiger partial charge in [0.1, 0.15) is 5.56 Å². The van der Waals surface area contributed by atoms with Crippen LogP contribution in [0.3, 0.4) is 0 Å². The zero-order chi connectivity index (χ0) is 26.8. The number of carbonyl (C=O) groups excluding carboxylic acids is 1. The first-order valence-electron chi connectivity index (χ1n) is 11.4. The predicted molar refractivity (Wildman–Crippen MR) is 122 cm³/mol. The predicted octanol–water partition coefficient (Wildman–Crippen LogP) is 2.25. The molecule has 37 heavy (non-hydrogen) atoms. The normalized spacial score (nSPS) is 17.6. The maximum atomic E-state index is 13.7. The monoisotopic (exact) mass is 529 g/mol. The Morgan fingerprint density at radius 3 is 2.68 bits per heavy atom. The lowest BCUT2D eigenvalue weighted by atomic mass is 10.2. The van der Waals surface area contributed by atoms with E-state index in [0.29, 0.717) is 32.1 Å². The minimum Gasteiger partial charge on any atom is -0.379 e. The van der Waals surface area contributed by atoms with Crippen LogP contribution in [0.1, 0.15) is 30.2 Å². The fourth-order valence-corrected chi connectivity index (χ4v) is 4.02. The molecule has 0 saturated carbocycles. The van der Waals surface area contributed by atoms with Crippen LogP contribution >= 0.6 is 0 Å². The van der Waals surface area contributed by atoms with Gasteiger partial charge in [0.15, 0.2) is 0 Å². The zero-order valence-corrected chi connectivity index (χ0v) is 19.7. The molecule has 1 aliphatic carbocycles. The zero-order valence-electron chi connectivity index (χ0n) is 19.7. The molecule has 0 bridgehead atoms. The van der Waals surface area contributed by atoms with Crippen molar-refractivity contribution >= 4 is 23.6 Å². The highest BCUT2D eigenvalue weighted by Crippen LogP contribution is 2.37. The van der Waals surface area contributed by atoms with Gasteiger partial charge in [-0.05, 0) is 19.1 Å². The summed E-state index contributed by atoms with van der Waals surface area (Å²) in [7, 11) is 0. The van der Waals surface area contributed by atoms with E-state index in [-0.39, 0.29) is 36.8 Å². The molecule has 10 nitrogen and oxygen atoms in total. The number of rotatable bonds is 8.